The summed E-state index contributed by atoms with van der Waals surface area (Å²) in [5, 5.41) is 21.0. The number of carboxylic acids is 2. The van der Waals surface area contributed by atoms with Gasteiger partial charge in [0.15, 0.2) is 0 Å². The summed E-state index contributed by atoms with van der Waals surface area (Å²) < 4.78 is 5.33. The van der Waals surface area contributed by atoms with Gasteiger partial charge in [0.1, 0.15) is 6.61 Å². The van der Waals surface area contributed by atoms with E-state index in [1.807, 2.05) is 0 Å². The van der Waals surface area contributed by atoms with Crippen LogP contribution in [0.3, 0.4) is 0 Å². The van der Waals surface area contributed by atoms with Gasteiger partial charge in [-0.2, -0.15) is 0 Å². The van der Waals surface area contributed by atoms with Gasteiger partial charge in [0.2, 0.25) is 5.91 Å². The Hall–Kier alpha value is -0.220. The number of hydrogen-bond acceptors (Lipinski definition) is 4. The van der Waals surface area contributed by atoms with Crippen molar-refractivity contribution >= 4 is 91.3 Å². The van der Waals surface area contributed by atoms with E-state index in [1.54, 1.807) is 67.8 Å². The molecular formula is C11H8I3NO6. The lowest BCUT2D eigenvalue weighted by Crippen LogP contribution is -2.22. The Kier molecular flexibility index (Phi) is 7.05. The Morgan fingerprint density at radius 2 is 1.43 bits per heavy atom. The van der Waals surface area contributed by atoms with Crippen molar-refractivity contribution in [3.8, 4) is 0 Å². The van der Waals surface area contributed by atoms with Crippen LogP contribution in [0.2, 0.25) is 0 Å². The molecule has 0 unspecified atom stereocenters. The highest BCUT2D eigenvalue weighted by molar-refractivity contribution is 14.1. The van der Waals surface area contributed by atoms with E-state index in [9.17, 15) is 24.6 Å². The van der Waals surface area contributed by atoms with Crippen LogP contribution in [0.5, 0.6) is 0 Å². The number of methoxy groups -OCH3 is 1. The van der Waals surface area contributed by atoms with Gasteiger partial charge in [-0.1, -0.05) is 0 Å². The molecule has 0 saturated heterocycles. The predicted octanol–water partition coefficient (Wildman–Crippen LogP) is 2.48. The summed E-state index contributed by atoms with van der Waals surface area (Å²) in [5.41, 5.74) is -0.142. The van der Waals surface area contributed by atoms with E-state index in [0.717, 1.165) is 0 Å². The first-order valence-corrected chi connectivity index (χ1v) is 8.41. The lowest BCUT2D eigenvalue weighted by Gasteiger charge is -2.16. The second kappa shape index (κ2) is 7.87. The molecule has 0 aliphatic carbocycles. The van der Waals surface area contributed by atoms with Crippen molar-refractivity contribution in [2.45, 2.75) is 0 Å². The molecule has 0 saturated carbocycles. The average molecular weight is 631 g/mol. The zero-order valence-electron chi connectivity index (χ0n) is 10.4. The third kappa shape index (κ3) is 4.16. The van der Waals surface area contributed by atoms with Crippen LogP contribution < -0.4 is 5.32 Å². The number of rotatable bonds is 5. The molecule has 0 bridgehead atoms. The van der Waals surface area contributed by atoms with Gasteiger partial charge in [-0.3, -0.25) is 4.79 Å². The summed E-state index contributed by atoms with van der Waals surface area (Å²) in [6.45, 7) is -0.219. The number of amides is 1. The second-order valence-electron chi connectivity index (χ2n) is 3.66. The van der Waals surface area contributed by atoms with E-state index in [0.29, 0.717) is 0 Å². The molecule has 1 aromatic rings. The molecule has 0 radical (unpaired) electrons. The van der Waals surface area contributed by atoms with Crippen LogP contribution in [0.15, 0.2) is 0 Å². The van der Waals surface area contributed by atoms with Gasteiger partial charge in [0.25, 0.3) is 0 Å². The fraction of sp³-hybridized carbons (Fsp3) is 0.182. The normalized spacial score (nSPS) is 10.3. The highest BCUT2D eigenvalue weighted by Gasteiger charge is 2.28. The van der Waals surface area contributed by atoms with Crippen molar-refractivity contribution in [2.75, 3.05) is 19.0 Å². The first-order valence-electron chi connectivity index (χ1n) is 5.18. The molecule has 3 N–H and O–H groups in total. The molecule has 0 aromatic heterocycles. The molecule has 0 fully saturated rings. The lowest BCUT2D eigenvalue weighted by molar-refractivity contribution is -0.119. The van der Waals surface area contributed by atoms with Crippen LogP contribution in [-0.4, -0.2) is 41.8 Å². The monoisotopic (exact) mass is 631 g/mol. The van der Waals surface area contributed by atoms with Crippen LogP contribution in [0.25, 0.3) is 0 Å². The highest BCUT2D eigenvalue weighted by atomic mass is 127. The summed E-state index contributed by atoms with van der Waals surface area (Å²) in [6.07, 6.45) is 0. The lowest BCUT2D eigenvalue weighted by atomic mass is 10.1. The minimum absolute atomic E-state index is 0.117. The number of carbonyl (C=O) groups excluding carboxylic acids is 1. The first-order chi connectivity index (χ1) is 9.72. The number of ether oxygens (including phenoxy) is 1. The van der Waals surface area contributed by atoms with Crippen molar-refractivity contribution < 1.29 is 29.3 Å². The molecule has 0 aliphatic heterocycles. The Bertz CT molecular complexity index is 590. The van der Waals surface area contributed by atoms with Crippen molar-refractivity contribution in [2.24, 2.45) is 0 Å². The van der Waals surface area contributed by atoms with Gasteiger partial charge in [-0.25, -0.2) is 9.59 Å². The third-order valence-electron chi connectivity index (χ3n) is 2.28. The minimum Gasteiger partial charge on any atom is -0.478 e. The molecule has 1 rings (SSSR count). The number of hydrogen-bond donors (Lipinski definition) is 3. The second-order valence-corrected chi connectivity index (χ2v) is 6.89. The zero-order valence-corrected chi connectivity index (χ0v) is 16.8. The van der Waals surface area contributed by atoms with E-state index in [1.165, 1.54) is 7.11 Å². The summed E-state index contributed by atoms with van der Waals surface area (Å²) in [4.78, 5) is 34.3. The molecule has 7 nitrogen and oxygen atoms in total. The smallest absolute Gasteiger partial charge is 0.337 e. The molecule has 21 heavy (non-hydrogen) atoms. The number of halogens is 3. The number of anilines is 1. The maximum absolute atomic E-state index is 11.6. The van der Waals surface area contributed by atoms with Gasteiger partial charge in [-0.15, -0.1) is 0 Å². The SMILES string of the molecule is COCC(=O)Nc1c(I)c(C(=O)O)c(I)c(C(=O)O)c1I. The fourth-order valence-corrected chi connectivity index (χ4v) is 5.81. The van der Waals surface area contributed by atoms with Gasteiger partial charge < -0.3 is 20.3 Å². The highest BCUT2D eigenvalue weighted by Crippen LogP contribution is 2.35. The number of carboxylic acid groups (broad SMARTS) is 2. The summed E-state index contributed by atoms with van der Waals surface area (Å²) in [6, 6.07) is 0. The van der Waals surface area contributed by atoms with E-state index in [4.69, 9.17) is 0 Å². The predicted molar refractivity (Wildman–Crippen MR) is 99.0 cm³/mol. The average Bonchev–Trinajstić information content (AvgIpc) is 2.33. The zero-order chi connectivity index (χ0) is 16.3. The molecule has 1 amide bonds. The standard InChI is InChI=1S/C11H8I3NO6/c1-21-2-3(16)15-9-7(13)4(10(17)18)6(12)5(8(9)14)11(19)20/h2H2,1H3,(H,15,16)(H,17,18)(H,19,20). The maximum Gasteiger partial charge on any atom is 0.337 e. The molecule has 0 heterocycles. The minimum atomic E-state index is -1.26. The van der Waals surface area contributed by atoms with Crippen molar-refractivity contribution in [3.05, 3.63) is 21.8 Å². The largest absolute Gasteiger partial charge is 0.478 e. The molecule has 10 heteroatoms. The van der Waals surface area contributed by atoms with Gasteiger partial charge in [-0.05, 0) is 67.8 Å². The summed E-state index contributed by atoms with van der Waals surface area (Å²) in [7, 11) is 1.34. The van der Waals surface area contributed by atoms with Crippen LogP contribution in [0, 0.1) is 10.7 Å². The Morgan fingerprint density at radius 1 is 1.00 bits per heavy atom. The summed E-state index contributed by atoms with van der Waals surface area (Å²) >= 11 is 5.22. The van der Waals surface area contributed by atoms with Crippen molar-refractivity contribution in [1.29, 1.82) is 0 Å². The third-order valence-corrected chi connectivity index (χ3v) is 5.52. The van der Waals surface area contributed by atoms with E-state index >= 15 is 0 Å². The maximum atomic E-state index is 11.6. The summed E-state index contributed by atoms with van der Waals surface area (Å²) in [5.74, 6) is -3.02. The number of benzene rings is 1. The van der Waals surface area contributed by atoms with E-state index in [2.05, 4.69) is 10.1 Å². The topological polar surface area (TPSA) is 113 Å². The van der Waals surface area contributed by atoms with Crippen LogP contribution >= 0.6 is 67.8 Å². The molecule has 1 aromatic carbocycles. The van der Waals surface area contributed by atoms with Crippen molar-refractivity contribution in [3.63, 3.8) is 0 Å². The first kappa shape index (κ1) is 18.8. The molecule has 114 valence electrons. The molecule has 0 spiro atoms. The molecule has 0 atom stereocenters. The number of carbonyl (C=O) groups is 3. The van der Waals surface area contributed by atoms with Gasteiger partial charge in [0, 0.05) is 10.7 Å². The van der Waals surface area contributed by atoms with Crippen molar-refractivity contribution in [1.82, 2.24) is 0 Å². The molecular weight excluding hydrogens is 623 g/mol. The Balaban J connectivity index is 3.60. The van der Waals surface area contributed by atoms with E-state index < -0.39 is 17.8 Å². The number of aromatic carboxylic acids is 2. The van der Waals surface area contributed by atoms with Crippen LogP contribution in [-0.2, 0) is 9.53 Å². The number of nitrogens with one attached hydrogen (secondary N) is 1. The Morgan fingerprint density at radius 3 is 1.76 bits per heavy atom. The van der Waals surface area contributed by atoms with Crippen LogP contribution in [0.4, 0.5) is 5.69 Å². The van der Waals surface area contributed by atoms with Gasteiger partial charge >= 0.3 is 11.9 Å². The molecule has 0 aliphatic rings. The Labute approximate surface area is 160 Å². The fourth-order valence-electron chi connectivity index (χ4n) is 1.46. The quantitative estimate of drug-likeness (QED) is 0.431. The van der Waals surface area contributed by atoms with Crippen LogP contribution in [0.1, 0.15) is 20.7 Å². The van der Waals surface area contributed by atoms with E-state index in [-0.39, 0.29) is 34.1 Å². The van der Waals surface area contributed by atoms with Gasteiger partial charge in [0.05, 0.1) is 24.0 Å².